The van der Waals surface area contributed by atoms with Crippen LogP contribution in [0.4, 0.5) is 0 Å². The van der Waals surface area contributed by atoms with Gasteiger partial charge in [0, 0.05) is 24.5 Å². The smallest absolute Gasteiger partial charge is 0.414 e. The minimum Gasteiger partial charge on any atom is -0.473 e. The van der Waals surface area contributed by atoms with Gasteiger partial charge in [0.1, 0.15) is 0 Å². The zero-order valence-electron chi connectivity index (χ0n) is 16.5. The van der Waals surface area contributed by atoms with Crippen LogP contribution in [0.25, 0.3) is 11.3 Å². The minimum atomic E-state index is -1.82. The lowest BCUT2D eigenvalue weighted by Crippen LogP contribution is -2.21. The molecular weight excluding hydrogens is 356 g/mol. The van der Waals surface area contributed by atoms with Crippen molar-refractivity contribution in [1.82, 2.24) is 9.88 Å². The van der Waals surface area contributed by atoms with Crippen LogP contribution in [-0.2, 0) is 29.0 Å². The summed E-state index contributed by atoms with van der Waals surface area (Å²) in [5.41, 5.74) is 5.95. The standard InChI is InChI=1S/C20H28N2.C2H2O4/c1-2-21-14-15-22-19-13-9-4-3-6-12-18(19)16-20(22)17-10-7-5-8-11-17;3-1(4)2(5)6/h5,7-8,10-11,16,21H,2-4,6,9,12-15H2,1H3;(H,3,4)(H,5,6). The number of aliphatic carboxylic acids is 2. The van der Waals surface area contributed by atoms with Crippen molar-refractivity contribution in [2.24, 2.45) is 0 Å². The van der Waals surface area contributed by atoms with Gasteiger partial charge in [-0.15, -0.1) is 0 Å². The highest BCUT2D eigenvalue weighted by Crippen LogP contribution is 2.30. The molecule has 0 bridgehead atoms. The minimum absolute atomic E-state index is 1.05. The number of aromatic nitrogens is 1. The van der Waals surface area contributed by atoms with Crippen molar-refractivity contribution in [3.05, 3.63) is 47.7 Å². The monoisotopic (exact) mass is 386 g/mol. The third-order valence-corrected chi connectivity index (χ3v) is 4.92. The first-order valence-corrected chi connectivity index (χ1v) is 9.98. The maximum absolute atomic E-state index is 9.10. The number of aryl methyl sites for hydroxylation is 1. The molecule has 0 atom stereocenters. The molecule has 0 amide bonds. The van der Waals surface area contributed by atoms with E-state index in [4.69, 9.17) is 19.8 Å². The summed E-state index contributed by atoms with van der Waals surface area (Å²) in [6.45, 7) is 5.35. The number of benzene rings is 1. The fourth-order valence-electron chi connectivity index (χ4n) is 3.59. The molecule has 0 saturated carbocycles. The highest BCUT2D eigenvalue weighted by atomic mass is 16.4. The molecule has 0 saturated heterocycles. The van der Waals surface area contributed by atoms with Crippen LogP contribution in [0.5, 0.6) is 0 Å². The van der Waals surface area contributed by atoms with Gasteiger partial charge in [0.05, 0.1) is 0 Å². The molecule has 3 rings (SSSR count). The van der Waals surface area contributed by atoms with Crippen LogP contribution in [-0.4, -0.2) is 39.8 Å². The number of carboxylic acid groups (broad SMARTS) is 2. The van der Waals surface area contributed by atoms with Crippen molar-refractivity contribution in [2.45, 2.75) is 52.0 Å². The second-order valence-corrected chi connectivity index (χ2v) is 6.90. The highest BCUT2D eigenvalue weighted by molar-refractivity contribution is 6.27. The number of carbonyl (C=O) groups is 2. The van der Waals surface area contributed by atoms with E-state index in [2.05, 4.69) is 53.2 Å². The SMILES string of the molecule is CCNCCn1c(-c2ccccc2)cc2c1CCCCCC2.O=C(O)C(=O)O. The van der Waals surface area contributed by atoms with Gasteiger partial charge in [-0.25, -0.2) is 9.59 Å². The van der Waals surface area contributed by atoms with Gasteiger partial charge in [-0.3, -0.25) is 0 Å². The van der Waals surface area contributed by atoms with Crippen molar-refractivity contribution in [3.63, 3.8) is 0 Å². The Morgan fingerprint density at radius 1 is 1.00 bits per heavy atom. The Morgan fingerprint density at radius 3 is 2.25 bits per heavy atom. The van der Waals surface area contributed by atoms with E-state index in [-0.39, 0.29) is 0 Å². The van der Waals surface area contributed by atoms with Gasteiger partial charge >= 0.3 is 11.9 Å². The highest BCUT2D eigenvalue weighted by Gasteiger charge is 2.17. The number of fused-ring (bicyclic) bond motifs is 1. The topological polar surface area (TPSA) is 91.6 Å². The summed E-state index contributed by atoms with van der Waals surface area (Å²) in [6, 6.07) is 13.3. The largest absolute Gasteiger partial charge is 0.473 e. The van der Waals surface area contributed by atoms with E-state index in [1.165, 1.54) is 49.8 Å². The Kier molecular flexibility index (Phi) is 8.75. The molecule has 6 heteroatoms. The predicted molar refractivity (Wildman–Crippen MR) is 110 cm³/mol. The molecule has 0 aliphatic heterocycles. The van der Waals surface area contributed by atoms with Crippen LogP contribution in [0.15, 0.2) is 36.4 Å². The summed E-state index contributed by atoms with van der Waals surface area (Å²) < 4.78 is 2.58. The van der Waals surface area contributed by atoms with Gasteiger partial charge in [-0.1, -0.05) is 50.1 Å². The van der Waals surface area contributed by atoms with Crippen molar-refractivity contribution in [1.29, 1.82) is 0 Å². The zero-order valence-corrected chi connectivity index (χ0v) is 16.5. The average molecular weight is 386 g/mol. The van der Waals surface area contributed by atoms with Gasteiger partial charge in [-0.05, 0) is 49.4 Å². The predicted octanol–water partition coefficient (Wildman–Crippen LogP) is 3.58. The van der Waals surface area contributed by atoms with Gasteiger partial charge in [-0.2, -0.15) is 0 Å². The number of hydrogen-bond donors (Lipinski definition) is 3. The molecule has 1 aliphatic rings. The van der Waals surface area contributed by atoms with E-state index in [0.717, 1.165) is 19.6 Å². The molecule has 1 aromatic heterocycles. The molecule has 6 nitrogen and oxygen atoms in total. The van der Waals surface area contributed by atoms with Gasteiger partial charge in [0.2, 0.25) is 0 Å². The summed E-state index contributed by atoms with van der Waals surface area (Å²) in [4.78, 5) is 18.2. The van der Waals surface area contributed by atoms with E-state index < -0.39 is 11.9 Å². The van der Waals surface area contributed by atoms with Crippen molar-refractivity contribution < 1.29 is 19.8 Å². The maximum Gasteiger partial charge on any atom is 0.414 e. The molecule has 0 fully saturated rings. The van der Waals surface area contributed by atoms with E-state index in [0.29, 0.717) is 0 Å². The quantitative estimate of drug-likeness (QED) is 0.540. The van der Waals surface area contributed by atoms with Crippen molar-refractivity contribution >= 4 is 11.9 Å². The van der Waals surface area contributed by atoms with Gasteiger partial charge in [0.15, 0.2) is 0 Å². The summed E-state index contributed by atoms with van der Waals surface area (Å²) in [5.74, 6) is -3.65. The molecule has 3 N–H and O–H groups in total. The molecular formula is C22H30N2O4. The molecule has 0 unspecified atom stereocenters. The first kappa shape index (κ1) is 21.7. The van der Waals surface area contributed by atoms with Crippen LogP contribution >= 0.6 is 0 Å². The summed E-state index contributed by atoms with van der Waals surface area (Å²) >= 11 is 0. The van der Waals surface area contributed by atoms with Crippen LogP contribution in [0.2, 0.25) is 0 Å². The molecule has 28 heavy (non-hydrogen) atoms. The number of rotatable bonds is 5. The number of nitrogens with zero attached hydrogens (tertiary/aromatic N) is 1. The van der Waals surface area contributed by atoms with Gasteiger partial charge < -0.3 is 20.1 Å². The lowest BCUT2D eigenvalue weighted by Gasteiger charge is -2.16. The maximum atomic E-state index is 9.10. The number of likely N-dealkylation sites (N-methyl/N-ethyl adjacent to an activating group) is 1. The van der Waals surface area contributed by atoms with Crippen molar-refractivity contribution in [2.75, 3.05) is 13.1 Å². The molecule has 0 radical (unpaired) electrons. The third-order valence-electron chi connectivity index (χ3n) is 4.92. The molecule has 1 aromatic carbocycles. The van der Waals surface area contributed by atoms with E-state index in [1.54, 1.807) is 11.3 Å². The van der Waals surface area contributed by atoms with E-state index >= 15 is 0 Å². The Balaban J connectivity index is 0.000000409. The van der Waals surface area contributed by atoms with E-state index in [1.807, 2.05) is 0 Å². The molecule has 1 heterocycles. The Morgan fingerprint density at radius 2 is 1.64 bits per heavy atom. The number of hydrogen-bond acceptors (Lipinski definition) is 3. The molecule has 0 spiro atoms. The normalized spacial score (nSPS) is 13.5. The molecule has 152 valence electrons. The first-order valence-electron chi connectivity index (χ1n) is 9.98. The van der Waals surface area contributed by atoms with Crippen LogP contribution < -0.4 is 5.32 Å². The zero-order chi connectivity index (χ0) is 20.4. The Bertz CT molecular complexity index is 756. The first-order chi connectivity index (χ1) is 13.5. The Labute approximate surface area is 166 Å². The summed E-state index contributed by atoms with van der Waals surface area (Å²) in [5, 5.41) is 18.3. The fraction of sp³-hybridized carbons (Fsp3) is 0.455. The average Bonchev–Trinajstić information content (AvgIpc) is 2.99. The van der Waals surface area contributed by atoms with Crippen molar-refractivity contribution in [3.8, 4) is 11.3 Å². The number of nitrogens with one attached hydrogen (secondary N) is 1. The summed E-state index contributed by atoms with van der Waals surface area (Å²) in [7, 11) is 0. The van der Waals surface area contributed by atoms with Crippen LogP contribution in [0.3, 0.4) is 0 Å². The van der Waals surface area contributed by atoms with E-state index in [9.17, 15) is 0 Å². The third kappa shape index (κ3) is 6.23. The second kappa shape index (κ2) is 11.3. The van der Waals surface area contributed by atoms with Gasteiger partial charge in [0.25, 0.3) is 0 Å². The lowest BCUT2D eigenvalue weighted by molar-refractivity contribution is -0.159. The molecule has 2 aromatic rings. The molecule has 1 aliphatic carbocycles. The fourth-order valence-corrected chi connectivity index (χ4v) is 3.59. The lowest BCUT2D eigenvalue weighted by atomic mass is 9.98. The van der Waals surface area contributed by atoms with Crippen LogP contribution in [0, 0.1) is 0 Å². The summed E-state index contributed by atoms with van der Waals surface area (Å²) in [6.07, 6.45) is 7.96. The van der Waals surface area contributed by atoms with Crippen LogP contribution in [0.1, 0.15) is 43.9 Å². The Hall–Kier alpha value is -2.60. The number of carboxylic acids is 2. The second-order valence-electron chi connectivity index (χ2n) is 6.90.